The number of fused-ring (bicyclic) bond motifs is 2. The normalized spacial score (nSPS) is 31.8. The molecule has 3 heterocycles. The summed E-state index contributed by atoms with van der Waals surface area (Å²) in [6.45, 7) is 7.28. The summed E-state index contributed by atoms with van der Waals surface area (Å²) in [7, 11) is 0. The summed E-state index contributed by atoms with van der Waals surface area (Å²) >= 11 is 0. The fourth-order valence-corrected chi connectivity index (χ4v) is 5.11. The van der Waals surface area contributed by atoms with Crippen LogP contribution in [0, 0.1) is 0 Å². The van der Waals surface area contributed by atoms with E-state index in [9.17, 15) is 4.79 Å². The molecule has 1 amide bonds. The second kappa shape index (κ2) is 7.51. The lowest BCUT2D eigenvalue weighted by Crippen LogP contribution is -2.54. The zero-order valence-corrected chi connectivity index (χ0v) is 16.0. The van der Waals surface area contributed by atoms with Crippen LogP contribution in [0.1, 0.15) is 63.9 Å². The second-order valence-corrected chi connectivity index (χ2v) is 8.21. The van der Waals surface area contributed by atoms with E-state index in [0.29, 0.717) is 24.0 Å². The Morgan fingerprint density at radius 2 is 1.69 bits per heavy atom. The van der Waals surface area contributed by atoms with Crippen LogP contribution in [0.4, 0.5) is 5.95 Å². The average Bonchev–Trinajstić information content (AvgIpc) is 2.91. The van der Waals surface area contributed by atoms with Crippen LogP contribution >= 0.6 is 0 Å². The Kier molecular flexibility index (Phi) is 5.11. The molecule has 0 radical (unpaired) electrons. The number of likely N-dealkylation sites (N-methyl/N-ethyl adjacent to an activating group) is 1. The van der Waals surface area contributed by atoms with Gasteiger partial charge in [-0.25, -0.2) is 9.97 Å². The molecular formula is C20H31N5O. The molecule has 4 rings (SSSR count). The van der Waals surface area contributed by atoms with E-state index in [2.05, 4.69) is 34.4 Å². The van der Waals surface area contributed by atoms with E-state index >= 15 is 0 Å². The lowest BCUT2D eigenvalue weighted by molar-refractivity contribution is -0.119. The molecule has 26 heavy (non-hydrogen) atoms. The van der Waals surface area contributed by atoms with Crippen molar-refractivity contribution in [3.05, 3.63) is 18.0 Å². The number of hydrogen-bond acceptors (Lipinski definition) is 5. The fraction of sp³-hybridized carbons (Fsp3) is 0.750. The summed E-state index contributed by atoms with van der Waals surface area (Å²) < 4.78 is 0. The van der Waals surface area contributed by atoms with E-state index < -0.39 is 0 Å². The number of amides is 1. The minimum Gasteiger partial charge on any atom is -0.354 e. The summed E-state index contributed by atoms with van der Waals surface area (Å²) in [5.41, 5.74) is 1.26. The van der Waals surface area contributed by atoms with Gasteiger partial charge in [-0.2, -0.15) is 0 Å². The Labute approximate surface area is 156 Å². The van der Waals surface area contributed by atoms with Gasteiger partial charge in [0, 0.05) is 50.5 Å². The number of likely N-dealkylation sites (tertiary alicyclic amines) is 1. The molecule has 1 aromatic rings. The average molecular weight is 358 g/mol. The molecule has 1 saturated carbocycles. The Morgan fingerprint density at radius 3 is 2.23 bits per heavy atom. The van der Waals surface area contributed by atoms with Gasteiger partial charge in [-0.3, -0.25) is 9.69 Å². The topological polar surface area (TPSA) is 61.4 Å². The quantitative estimate of drug-likeness (QED) is 0.896. The fourth-order valence-electron chi connectivity index (χ4n) is 5.11. The van der Waals surface area contributed by atoms with Crippen molar-refractivity contribution in [2.75, 3.05) is 24.5 Å². The van der Waals surface area contributed by atoms with Crippen molar-refractivity contribution in [3.8, 4) is 0 Å². The van der Waals surface area contributed by atoms with Crippen molar-refractivity contribution in [1.82, 2.24) is 20.2 Å². The van der Waals surface area contributed by atoms with E-state index in [1.54, 1.807) is 6.92 Å². The molecule has 3 aliphatic rings. The zero-order valence-electron chi connectivity index (χ0n) is 16.0. The smallest absolute Gasteiger partial charge is 0.225 e. The van der Waals surface area contributed by atoms with Gasteiger partial charge < -0.3 is 10.2 Å². The minimum absolute atomic E-state index is 0.0823. The number of carbonyl (C=O) groups excluding carboxylic acids is 1. The van der Waals surface area contributed by atoms with Gasteiger partial charge in [-0.1, -0.05) is 6.92 Å². The first-order valence-corrected chi connectivity index (χ1v) is 10.2. The summed E-state index contributed by atoms with van der Waals surface area (Å²) in [6, 6.07) is 1.50. The lowest BCUT2D eigenvalue weighted by Gasteiger charge is -2.40. The Balaban J connectivity index is 1.38. The minimum atomic E-state index is 0.0823. The number of nitrogens with one attached hydrogen (secondary N) is 1. The van der Waals surface area contributed by atoms with E-state index in [1.807, 2.05) is 0 Å². The molecule has 6 nitrogen and oxygen atoms in total. The molecule has 2 saturated heterocycles. The van der Waals surface area contributed by atoms with Crippen LogP contribution in [0.2, 0.25) is 0 Å². The third kappa shape index (κ3) is 3.56. The first kappa shape index (κ1) is 17.7. The van der Waals surface area contributed by atoms with Crippen molar-refractivity contribution < 1.29 is 4.79 Å². The second-order valence-electron chi connectivity index (χ2n) is 8.21. The maximum Gasteiger partial charge on any atom is 0.225 e. The highest BCUT2D eigenvalue weighted by atomic mass is 16.1. The predicted molar refractivity (Wildman–Crippen MR) is 102 cm³/mol. The number of piperazine rings is 1. The van der Waals surface area contributed by atoms with Crippen LogP contribution in [-0.2, 0) is 4.79 Å². The molecule has 1 aliphatic carbocycles. The van der Waals surface area contributed by atoms with Crippen molar-refractivity contribution in [1.29, 1.82) is 0 Å². The van der Waals surface area contributed by atoms with Crippen molar-refractivity contribution in [2.24, 2.45) is 0 Å². The van der Waals surface area contributed by atoms with Crippen LogP contribution in [0.15, 0.2) is 12.4 Å². The van der Waals surface area contributed by atoms with Gasteiger partial charge >= 0.3 is 0 Å². The lowest BCUT2D eigenvalue weighted by atomic mass is 9.83. The maximum atomic E-state index is 11.2. The van der Waals surface area contributed by atoms with Gasteiger partial charge in [0.15, 0.2) is 0 Å². The molecule has 6 heteroatoms. The number of rotatable bonds is 4. The predicted octanol–water partition coefficient (Wildman–Crippen LogP) is 2.31. The van der Waals surface area contributed by atoms with Gasteiger partial charge in [-0.15, -0.1) is 0 Å². The Bertz CT molecular complexity index is 612. The molecule has 2 unspecified atom stereocenters. The van der Waals surface area contributed by atoms with Crippen LogP contribution in [0.25, 0.3) is 0 Å². The summed E-state index contributed by atoms with van der Waals surface area (Å²) in [4.78, 5) is 25.8. The monoisotopic (exact) mass is 357 g/mol. The van der Waals surface area contributed by atoms with Gasteiger partial charge in [0.05, 0.1) is 0 Å². The summed E-state index contributed by atoms with van der Waals surface area (Å²) in [6.07, 6.45) is 10.9. The number of hydrogen-bond donors (Lipinski definition) is 1. The van der Waals surface area contributed by atoms with Crippen molar-refractivity contribution >= 4 is 11.9 Å². The highest BCUT2D eigenvalue weighted by Gasteiger charge is 2.40. The maximum absolute atomic E-state index is 11.2. The van der Waals surface area contributed by atoms with E-state index in [0.717, 1.165) is 51.3 Å². The number of aromatic nitrogens is 2. The van der Waals surface area contributed by atoms with Crippen LogP contribution < -0.4 is 10.2 Å². The third-order valence-corrected chi connectivity index (χ3v) is 6.50. The highest BCUT2D eigenvalue weighted by Crippen LogP contribution is 2.35. The Morgan fingerprint density at radius 1 is 1.08 bits per heavy atom. The summed E-state index contributed by atoms with van der Waals surface area (Å²) in [5, 5.41) is 3.05. The molecule has 142 valence electrons. The van der Waals surface area contributed by atoms with Crippen molar-refractivity contribution in [3.63, 3.8) is 0 Å². The van der Waals surface area contributed by atoms with Crippen LogP contribution in [0.5, 0.6) is 0 Å². The van der Waals surface area contributed by atoms with Crippen molar-refractivity contribution in [2.45, 2.75) is 76.4 Å². The first-order valence-electron chi connectivity index (χ1n) is 10.2. The number of nitrogens with zero attached hydrogens (tertiary/aromatic N) is 4. The largest absolute Gasteiger partial charge is 0.354 e. The molecule has 0 spiro atoms. The molecule has 2 aliphatic heterocycles. The molecule has 1 N–H and O–H groups in total. The molecule has 2 bridgehead atoms. The Hall–Kier alpha value is -1.69. The number of anilines is 1. The van der Waals surface area contributed by atoms with Gasteiger partial charge in [0.1, 0.15) is 0 Å². The molecule has 3 fully saturated rings. The molecule has 2 atom stereocenters. The third-order valence-electron chi connectivity index (χ3n) is 6.50. The molecule has 1 aromatic heterocycles. The SMILES string of the molecule is CCN1CC2CCC(C1)N2c1ncc([C@H]2CC[C@@H](NC(C)=O)CC2)cn1. The highest BCUT2D eigenvalue weighted by molar-refractivity contribution is 5.73. The van der Waals surface area contributed by atoms with Gasteiger partial charge in [-0.05, 0) is 56.6 Å². The van der Waals surface area contributed by atoms with E-state index in [-0.39, 0.29) is 5.91 Å². The first-order chi connectivity index (χ1) is 12.6. The summed E-state index contributed by atoms with van der Waals surface area (Å²) in [5.74, 6) is 1.53. The van der Waals surface area contributed by atoms with E-state index in [4.69, 9.17) is 9.97 Å². The van der Waals surface area contributed by atoms with E-state index in [1.165, 1.54) is 18.4 Å². The molecule has 0 aromatic carbocycles. The number of carbonyl (C=O) groups is 1. The standard InChI is InChI=1S/C20H31N5O/c1-3-24-12-18-8-9-19(13-24)25(18)20-21-10-16(11-22-20)15-4-6-17(7-5-15)23-14(2)26/h10-11,15,17-19H,3-9,12-13H2,1-2H3,(H,23,26)/t15-,17+,18?,19?. The van der Waals surface area contributed by atoms with Crippen LogP contribution in [-0.4, -0.2) is 58.5 Å². The van der Waals surface area contributed by atoms with Gasteiger partial charge in [0.25, 0.3) is 0 Å². The molecular weight excluding hydrogens is 326 g/mol. The van der Waals surface area contributed by atoms with Gasteiger partial charge in [0.2, 0.25) is 11.9 Å². The zero-order chi connectivity index (χ0) is 18.1. The van der Waals surface area contributed by atoms with Crippen LogP contribution in [0.3, 0.4) is 0 Å².